The fraction of sp³-hybridized carbons (Fsp3) is 0.111. The summed E-state index contributed by atoms with van der Waals surface area (Å²) in [5.74, 6) is -0.959. The van der Waals surface area contributed by atoms with Crippen LogP contribution in [0.15, 0.2) is 48.5 Å². The summed E-state index contributed by atoms with van der Waals surface area (Å²) in [5.41, 5.74) is 0.206. The number of halogens is 1. The van der Waals surface area contributed by atoms with E-state index in [9.17, 15) is 25.0 Å². The molecule has 0 fully saturated rings. The fourth-order valence-corrected chi connectivity index (χ4v) is 2.91. The zero-order valence-corrected chi connectivity index (χ0v) is 15.7. The molecular formula is C18H13ClN4O6. The van der Waals surface area contributed by atoms with E-state index in [-0.39, 0.29) is 17.3 Å². The number of aromatic nitrogens is 2. The van der Waals surface area contributed by atoms with Crippen molar-refractivity contribution in [1.29, 1.82) is 0 Å². The van der Waals surface area contributed by atoms with Gasteiger partial charge in [0.05, 0.1) is 32.9 Å². The second-order valence-electron chi connectivity index (χ2n) is 5.93. The Hall–Kier alpha value is -3.79. The lowest BCUT2D eigenvalue weighted by atomic mass is 10.2. The van der Waals surface area contributed by atoms with Crippen LogP contribution in [0.3, 0.4) is 0 Å². The average Bonchev–Trinajstić information content (AvgIpc) is 3.00. The Bertz CT molecular complexity index is 1080. The Labute approximate surface area is 168 Å². The molecule has 0 radical (unpaired) electrons. The van der Waals surface area contributed by atoms with Gasteiger partial charge in [-0.25, -0.2) is 9.48 Å². The molecule has 148 valence electrons. The van der Waals surface area contributed by atoms with Gasteiger partial charge in [-0.1, -0.05) is 29.8 Å². The van der Waals surface area contributed by atoms with Gasteiger partial charge < -0.3 is 4.74 Å². The van der Waals surface area contributed by atoms with Crippen molar-refractivity contribution in [1.82, 2.24) is 9.78 Å². The predicted molar refractivity (Wildman–Crippen MR) is 102 cm³/mol. The van der Waals surface area contributed by atoms with Gasteiger partial charge in [0.1, 0.15) is 11.8 Å². The molecule has 0 amide bonds. The summed E-state index contributed by atoms with van der Waals surface area (Å²) in [7, 11) is 0. The topological polar surface area (TPSA) is 130 Å². The van der Waals surface area contributed by atoms with Gasteiger partial charge in [-0.2, -0.15) is 5.10 Å². The van der Waals surface area contributed by atoms with Crippen LogP contribution < -0.4 is 0 Å². The van der Waals surface area contributed by atoms with E-state index in [0.29, 0.717) is 16.9 Å². The first-order chi connectivity index (χ1) is 13.8. The smallest absolute Gasteiger partial charge is 0.338 e. The van der Waals surface area contributed by atoms with Crippen LogP contribution >= 0.6 is 11.6 Å². The SMILES string of the molecule is Cc1nn(-c2ccccc2)c(Cl)c1COC(=O)c1cc([N+](=O)[O-])cc([N+](=O)[O-])c1. The highest BCUT2D eigenvalue weighted by molar-refractivity contribution is 6.30. The van der Waals surface area contributed by atoms with Crippen molar-refractivity contribution < 1.29 is 19.4 Å². The van der Waals surface area contributed by atoms with Crippen LogP contribution in [-0.4, -0.2) is 25.6 Å². The monoisotopic (exact) mass is 416 g/mol. The van der Waals surface area contributed by atoms with Gasteiger partial charge in [0.25, 0.3) is 11.4 Å². The van der Waals surface area contributed by atoms with Crippen molar-refractivity contribution in [3.05, 3.63) is 90.7 Å². The third-order valence-corrected chi connectivity index (χ3v) is 4.42. The summed E-state index contributed by atoms with van der Waals surface area (Å²) < 4.78 is 6.66. The van der Waals surface area contributed by atoms with Crippen molar-refractivity contribution >= 4 is 28.9 Å². The first kappa shape index (κ1) is 20.0. The van der Waals surface area contributed by atoms with Crippen molar-refractivity contribution in [2.75, 3.05) is 0 Å². The molecule has 0 N–H and O–H groups in total. The number of nitro benzene ring substituents is 2. The summed E-state index contributed by atoms with van der Waals surface area (Å²) in [6.07, 6.45) is 0. The first-order valence-electron chi connectivity index (χ1n) is 8.18. The average molecular weight is 417 g/mol. The van der Waals surface area contributed by atoms with E-state index in [4.69, 9.17) is 16.3 Å². The van der Waals surface area contributed by atoms with Gasteiger partial charge in [0, 0.05) is 17.7 Å². The van der Waals surface area contributed by atoms with E-state index in [1.54, 1.807) is 19.1 Å². The number of benzene rings is 2. The number of esters is 1. The number of non-ortho nitro benzene ring substituents is 2. The normalized spacial score (nSPS) is 10.6. The Kier molecular flexibility index (Phi) is 5.55. The van der Waals surface area contributed by atoms with Crippen LogP contribution in [0.2, 0.25) is 5.15 Å². The zero-order valence-electron chi connectivity index (χ0n) is 14.9. The lowest BCUT2D eigenvalue weighted by molar-refractivity contribution is -0.394. The van der Waals surface area contributed by atoms with Gasteiger partial charge in [-0.05, 0) is 19.1 Å². The molecule has 0 aliphatic heterocycles. The summed E-state index contributed by atoms with van der Waals surface area (Å²) in [4.78, 5) is 32.6. The van der Waals surface area contributed by atoms with Crippen LogP contribution in [-0.2, 0) is 11.3 Å². The standard InChI is InChI=1S/C18H13ClN4O6/c1-11-16(17(19)21(20-11)13-5-3-2-4-6-13)10-29-18(24)12-7-14(22(25)26)9-15(8-12)23(27)28/h2-9H,10H2,1H3. The quantitative estimate of drug-likeness (QED) is 0.337. The summed E-state index contributed by atoms with van der Waals surface area (Å²) >= 11 is 6.36. The summed E-state index contributed by atoms with van der Waals surface area (Å²) in [5, 5.41) is 26.5. The highest BCUT2D eigenvalue weighted by Crippen LogP contribution is 2.26. The number of carbonyl (C=O) groups excluding carboxylic acids is 1. The van der Waals surface area contributed by atoms with Crippen LogP contribution in [0.1, 0.15) is 21.6 Å². The van der Waals surface area contributed by atoms with E-state index in [1.807, 2.05) is 18.2 Å². The molecule has 29 heavy (non-hydrogen) atoms. The number of nitro groups is 2. The molecule has 0 saturated heterocycles. The lowest BCUT2D eigenvalue weighted by Gasteiger charge is -2.06. The van der Waals surface area contributed by atoms with E-state index in [2.05, 4.69) is 5.10 Å². The number of aryl methyl sites for hydroxylation is 1. The number of hydrogen-bond acceptors (Lipinski definition) is 7. The minimum Gasteiger partial charge on any atom is -0.457 e. The maximum Gasteiger partial charge on any atom is 0.338 e. The number of rotatable bonds is 6. The highest BCUT2D eigenvalue weighted by Gasteiger charge is 2.22. The molecule has 1 heterocycles. The maximum absolute atomic E-state index is 12.3. The van der Waals surface area contributed by atoms with Crippen molar-refractivity contribution in [2.45, 2.75) is 13.5 Å². The fourth-order valence-electron chi connectivity index (χ4n) is 2.58. The molecule has 2 aromatic carbocycles. The molecular weight excluding hydrogens is 404 g/mol. The van der Waals surface area contributed by atoms with Crippen LogP contribution in [0, 0.1) is 27.2 Å². The number of nitrogens with zero attached hydrogens (tertiary/aromatic N) is 4. The molecule has 0 spiro atoms. The molecule has 0 unspecified atom stereocenters. The molecule has 3 rings (SSSR count). The largest absolute Gasteiger partial charge is 0.457 e. The molecule has 11 heteroatoms. The lowest BCUT2D eigenvalue weighted by Crippen LogP contribution is -2.07. The van der Waals surface area contributed by atoms with Crippen LogP contribution in [0.4, 0.5) is 11.4 Å². The van der Waals surface area contributed by atoms with Gasteiger partial charge >= 0.3 is 5.97 Å². The predicted octanol–water partition coefficient (Wildman–Crippen LogP) is 4.01. The van der Waals surface area contributed by atoms with E-state index < -0.39 is 27.2 Å². The van der Waals surface area contributed by atoms with Crippen molar-refractivity contribution in [3.63, 3.8) is 0 Å². The molecule has 1 aromatic heterocycles. The molecule has 0 aliphatic rings. The minimum absolute atomic E-state index is 0.242. The van der Waals surface area contributed by atoms with Gasteiger partial charge in [-0.3, -0.25) is 20.2 Å². The van der Waals surface area contributed by atoms with Crippen molar-refractivity contribution in [3.8, 4) is 5.69 Å². The summed E-state index contributed by atoms with van der Waals surface area (Å²) in [6.45, 7) is 1.43. The number of hydrogen-bond donors (Lipinski definition) is 0. The van der Waals surface area contributed by atoms with E-state index in [0.717, 1.165) is 18.2 Å². The van der Waals surface area contributed by atoms with E-state index >= 15 is 0 Å². The Morgan fingerprint density at radius 3 is 2.24 bits per heavy atom. The van der Waals surface area contributed by atoms with Gasteiger partial charge in [0.2, 0.25) is 0 Å². The molecule has 0 atom stereocenters. The van der Waals surface area contributed by atoms with Crippen LogP contribution in [0.5, 0.6) is 0 Å². The molecule has 0 aliphatic carbocycles. The third-order valence-electron chi connectivity index (χ3n) is 4.03. The Balaban J connectivity index is 1.84. The highest BCUT2D eigenvalue weighted by atomic mass is 35.5. The Morgan fingerprint density at radius 1 is 1.10 bits per heavy atom. The Morgan fingerprint density at radius 2 is 1.69 bits per heavy atom. The number of ether oxygens (including phenoxy) is 1. The van der Waals surface area contributed by atoms with Gasteiger partial charge in [-0.15, -0.1) is 0 Å². The second-order valence-corrected chi connectivity index (χ2v) is 6.29. The maximum atomic E-state index is 12.3. The number of carbonyl (C=O) groups is 1. The van der Waals surface area contributed by atoms with Gasteiger partial charge in [0.15, 0.2) is 0 Å². The number of para-hydroxylation sites is 1. The minimum atomic E-state index is -0.959. The molecule has 0 bridgehead atoms. The summed E-state index contributed by atoms with van der Waals surface area (Å²) in [6, 6.07) is 11.7. The van der Waals surface area contributed by atoms with Crippen molar-refractivity contribution in [2.24, 2.45) is 0 Å². The zero-order chi connectivity index (χ0) is 21.1. The first-order valence-corrected chi connectivity index (χ1v) is 8.56. The van der Waals surface area contributed by atoms with Crippen LogP contribution in [0.25, 0.3) is 5.69 Å². The van der Waals surface area contributed by atoms with E-state index in [1.165, 1.54) is 4.68 Å². The molecule has 10 nitrogen and oxygen atoms in total. The third kappa shape index (κ3) is 4.22. The second kappa shape index (κ2) is 8.07. The molecule has 0 saturated carbocycles. The molecule has 3 aromatic rings.